The Bertz CT molecular complexity index is 376. The van der Waals surface area contributed by atoms with Crippen LogP contribution in [0.2, 0.25) is 0 Å². The molecule has 0 aromatic carbocycles. The summed E-state index contributed by atoms with van der Waals surface area (Å²) < 4.78 is 24.2. The number of carbonyl (C=O) groups excluding carboxylic acids is 1. The van der Waals surface area contributed by atoms with Gasteiger partial charge >= 0.3 is 0 Å². The van der Waals surface area contributed by atoms with Crippen LogP contribution < -0.4 is 5.32 Å². The van der Waals surface area contributed by atoms with Crippen LogP contribution in [0.15, 0.2) is 0 Å². The lowest BCUT2D eigenvalue weighted by Crippen LogP contribution is -2.49. The average Bonchev–Trinajstić information content (AvgIpc) is 2.36. The Balaban J connectivity index is 2.15. The van der Waals surface area contributed by atoms with E-state index in [1.807, 2.05) is 0 Å². The second-order valence-corrected chi connectivity index (χ2v) is 6.94. The van der Waals surface area contributed by atoms with Crippen molar-refractivity contribution >= 4 is 15.9 Å². The van der Waals surface area contributed by atoms with Gasteiger partial charge in [-0.3, -0.25) is 9.69 Å². The molecule has 1 amide bonds. The molecule has 7 heteroatoms. The molecule has 0 bridgehead atoms. The van der Waals surface area contributed by atoms with E-state index in [4.69, 9.17) is 0 Å². The third-order valence-corrected chi connectivity index (χ3v) is 4.61. The first kappa shape index (κ1) is 16.4. The maximum Gasteiger partial charge on any atom is 0.220 e. The van der Waals surface area contributed by atoms with Gasteiger partial charge in [0.25, 0.3) is 0 Å². The summed E-state index contributed by atoms with van der Waals surface area (Å²) in [7, 11) is -3.06. The van der Waals surface area contributed by atoms with Gasteiger partial charge in [-0.05, 0) is 6.42 Å². The predicted molar refractivity (Wildman–Crippen MR) is 75.4 cm³/mol. The fourth-order valence-corrected chi connectivity index (χ4v) is 2.89. The Kier molecular flexibility index (Phi) is 6.74. The zero-order valence-corrected chi connectivity index (χ0v) is 12.7. The van der Waals surface area contributed by atoms with Gasteiger partial charge in [0.05, 0.1) is 6.26 Å². The monoisotopic (exact) mass is 291 g/mol. The molecule has 112 valence electrons. The molecule has 0 aromatic heterocycles. The Labute approximate surface area is 116 Å². The molecular weight excluding hydrogens is 266 g/mol. The molecule has 0 aromatic rings. The minimum absolute atomic E-state index is 0.108. The SMILES string of the molecule is CCCCC(=O)NCCN1CCN(S(C)(=O)=O)CC1. The van der Waals surface area contributed by atoms with Crippen molar-refractivity contribution in [1.29, 1.82) is 0 Å². The minimum Gasteiger partial charge on any atom is -0.355 e. The quantitative estimate of drug-likeness (QED) is 0.709. The predicted octanol–water partition coefficient (Wildman–Crippen LogP) is -0.130. The molecular formula is C12H25N3O3S. The number of amides is 1. The van der Waals surface area contributed by atoms with E-state index in [0.717, 1.165) is 32.5 Å². The van der Waals surface area contributed by atoms with Crippen LogP contribution in [0.1, 0.15) is 26.2 Å². The average molecular weight is 291 g/mol. The highest BCUT2D eigenvalue weighted by molar-refractivity contribution is 7.88. The Morgan fingerprint density at radius 1 is 1.21 bits per heavy atom. The highest BCUT2D eigenvalue weighted by Crippen LogP contribution is 2.05. The lowest BCUT2D eigenvalue weighted by Gasteiger charge is -2.33. The molecule has 1 N–H and O–H groups in total. The molecule has 0 atom stereocenters. The topological polar surface area (TPSA) is 69.7 Å². The normalized spacial score (nSPS) is 18.4. The number of hydrogen-bond donors (Lipinski definition) is 1. The lowest BCUT2D eigenvalue weighted by molar-refractivity contribution is -0.121. The van der Waals surface area contributed by atoms with Crippen molar-refractivity contribution in [3.05, 3.63) is 0 Å². The minimum atomic E-state index is -3.06. The molecule has 0 spiro atoms. The van der Waals surface area contributed by atoms with Crippen LogP contribution in [-0.4, -0.2) is 69.1 Å². The van der Waals surface area contributed by atoms with Crippen molar-refractivity contribution in [2.24, 2.45) is 0 Å². The van der Waals surface area contributed by atoms with Gasteiger partial charge in [0.1, 0.15) is 0 Å². The standard InChI is InChI=1S/C12H25N3O3S/c1-3-4-5-12(16)13-6-7-14-8-10-15(11-9-14)19(2,17)18/h3-11H2,1-2H3,(H,13,16). The molecule has 0 aliphatic carbocycles. The van der Waals surface area contributed by atoms with Gasteiger partial charge in [-0.25, -0.2) is 8.42 Å². The molecule has 1 saturated heterocycles. The molecule has 0 saturated carbocycles. The lowest BCUT2D eigenvalue weighted by atomic mass is 10.2. The molecule has 1 heterocycles. The van der Waals surface area contributed by atoms with E-state index in [-0.39, 0.29) is 5.91 Å². The molecule has 1 aliphatic heterocycles. The summed E-state index contributed by atoms with van der Waals surface area (Å²) in [6, 6.07) is 0. The van der Waals surface area contributed by atoms with Gasteiger partial charge in [0, 0.05) is 45.7 Å². The van der Waals surface area contributed by atoms with Crippen LogP contribution >= 0.6 is 0 Å². The fraction of sp³-hybridized carbons (Fsp3) is 0.917. The van der Waals surface area contributed by atoms with Crippen LogP contribution in [-0.2, 0) is 14.8 Å². The van der Waals surface area contributed by atoms with Crippen molar-refractivity contribution in [3.63, 3.8) is 0 Å². The van der Waals surface area contributed by atoms with Gasteiger partial charge < -0.3 is 5.32 Å². The number of nitrogens with zero attached hydrogens (tertiary/aromatic N) is 2. The van der Waals surface area contributed by atoms with E-state index in [2.05, 4.69) is 17.1 Å². The molecule has 0 unspecified atom stereocenters. The summed E-state index contributed by atoms with van der Waals surface area (Å²) in [6.45, 7) is 6.05. The summed E-state index contributed by atoms with van der Waals surface area (Å²) in [5.41, 5.74) is 0. The first-order valence-corrected chi connectivity index (χ1v) is 8.72. The molecule has 6 nitrogen and oxygen atoms in total. The first-order chi connectivity index (χ1) is 8.93. The number of unbranched alkanes of at least 4 members (excludes halogenated alkanes) is 1. The third kappa shape index (κ3) is 6.35. The number of hydrogen-bond acceptors (Lipinski definition) is 4. The van der Waals surface area contributed by atoms with E-state index in [9.17, 15) is 13.2 Å². The smallest absolute Gasteiger partial charge is 0.220 e. The largest absolute Gasteiger partial charge is 0.355 e. The second-order valence-electron chi connectivity index (χ2n) is 4.96. The molecule has 0 radical (unpaired) electrons. The summed E-state index contributed by atoms with van der Waals surface area (Å²) >= 11 is 0. The summed E-state index contributed by atoms with van der Waals surface area (Å²) in [4.78, 5) is 13.6. The van der Waals surface area contributed by atoms with Crippen molar-refractivity contribution in [3.8, 4) is 0 Å². The molecule has 19 heavy (non-hydrogen) atoms. The summed E-state index contributed by atoms with van der Waals surface area (Å²) in [5.74, 6) is 0.108. The van der Waals surface area contributed by atoms with Crippen LogP contribution in [0.3, 0.4) is 0 Å². The molecule has 1 rings (SSSR count). The van der Waals surface area contributed by atoms with Crippen LogP contribution in [0.5, 0.6) is 0 Å². The van der Waals surface area contributed by atoms with Crippen molar-refractivity contribution < 1.29 is 13.2 Å². The number of sulfonamides is 1. The van der Waals surface area contributed by atoms with Gasteiger partial charge in [-0.2, -0.15) is 4.31 Å². The number of piperazine rings is 1. The van der Waals surface area contributed by atoms with Crippen molar-refractivity contribution in [1.82, 2.24) is 14.5 Å². The van der Waals surface area contributed by atoms with Crippen molar-refractivity contribution in [2.45, 2.75) is 26.2 Å². The van der Waals surface area contributed by atoms with Crippen LogP contribution in [0, 0.1) is 0 Å². The Morgan fingerprint density at radius 2 is 1.84 bits per heavy atom. The van der Waals surface area contributed by atoms with E-state index >= 15 is 0 Å². The number of rotatable bonds is 7. The molecule has 1 aliphatic rings. The maximum absolute atomic E-state index is 11.4. The zero-order chi connectivity index (χ0) is 14.3. The maximum atomic E-state index is 11.4. The third-order valence-electron chi connectivity index (χ3n) is 3.31. The van der Waals surface area contributed by atoms with E-state index in [0.29, 0.717) is 26.1 Å². The van der Waals surface area contributed by atoms with Gasteiger partial charge in [-0.15, -0.1) is 0 Å². The van der Waals surface area contributed by atoms with E-state index in [1.54, 1.807) is 0 Å². The number of carbonyl (C=O) groups is 1. The Hall–Kier alpha value is -0.660. The van der Waals surface area contributed by atoms with Crippen LogP contribution in [0.25, 0.3) is 0 Å². The second kappa shape index (κ2) is 7.81. The molecule has 1 fully saturated rings. The Morgan fingerprint density at radius 3 is 2.37 bits per heavy atom. The fourth-order valence-electron chi connectivity index (χ4n) is 2.06. The summed E-state index contributed by atoms with van der Waals surface area (Å²) in [6.07, 6.45) is 3.80. The van der Waals surface area contributed by atoms with Crippen LogP contribution in [0.4, 0.5) is 0 Å². The number of nitrogens with one attached hydrogen (secondary N) is 1. The van der Waals surface area contributed by atoms with E-state index in [1.165, 1.54) is 10.6 Å². The highest BCUT2D eigenvalue weighted by atomic mass is 32.2. The van der Waals surface area contributed by atoms with Gasteiger partial charge in [0.15, 0.2) is 0 Å². The highest BCUT2D eigenvalue weighted by Gasteiger charge is 2.22. The summed E-state index contributed by atoms with van der Waals surface area (Å²) in [5, 5.41) is 2.89. The first-order valence-electron chi connectivity index (χ1n) is 6.87. The van der Waals surface area contributed by atoms with Crippen molar-refractivity contribution in [2.75, 3.05) is 45.5 Å². The van der Waals surface area contributed by atoms with Gasteiger partial charge in [-0.1, -0.05) is 13.3 Å². The zero-order valence-electron chi connectivity index (χ0n) is 11.9. The van der Waals surface area contributed by atoms with Gasteiger partial charge in [0.2, 0.25) is 15.9 Å². The van der Waals surface area contributed by atoms with E-state index < -0.39 is 10.0 Å².